The SMILES string of the molecule is Cc1nc(-c2cccc(CNC(=O)CCn3cncn3)c2)n[nH]1. The van der Waals surface area contributed by atoms with Gasteiger partial charge in [-0.3, -0.25) is 14.6 Å². The Kier molecular flexibility index (Phi) is 4.41. The number of benzene rings is 1. The van der Waals surface area contributed by atoms with Crippen LogP contribution in [0, 0.1) is 6.92 Å². The monoisotopic (exact) mass is 311 g/mol. The first-order chi connectivity index (χ1) is 11.2. The second-order valence-corrected chi connectivity index (χ2v) is 5.13. The molecule has 0 saturated heterocycles. The van der Waals surface area contributed by atoms with Gasteiger partial charge in [-0.2, -0.15) is 10.2 Å². The van der Waals surface area contributed by atoms with Crippen LogP contribution in [0.15, 0.2) is 36.9 Å². The lowest BCUT2D eigenvalue weighted by Gasteiger charge is -2.06. The maximum absolute atomic E-state index is 11.9. The van der Waals surface area contributed by atoms with E-state index in [9.17, 15) is 4.79 Å². The molecular weight excluding hydrogens is 294 g/mol. The zero-order valence-electron chi connectivity index (χ0n) is 12.7. The van der Waals surface area contributed by atoms with Gasteiger partial charge in [0.1, 0.15) is 18.5 Å². The van der Waals surface area contributed by atoms with Crippen LogP contribution in [-0.2, 0) is 17.9 Å². The number of rotatable bonds is 6. The molecule has 0 aliphatic rings. The van der Waals surface area contributed by atoms with Crippen LogP contribution in [-0.4, -0.2) is 35.9 Å². The molecule has 2 aromatic heterocycles. The highest BCUT2D eigenvalue weighted by atomic mass is 16.1. The van der Waals surface area contributed by atoms with Crippen molar-refractivity contribution >= 4 is 5.91 Å². The van der Waals surface area contributed by atoms with Crippen LogP contribution >= 0.6 is 0 Å². The van der Waals surface area contributed by atoms with Crippen LogP contribution in [0.4, 0.5) is 0 Å². The Hall–Kier alpha value is -3.03. The summed E-state index contributed by atoms with van der Waals surface area (Å²) in [6.45, 7) is 2.84. The highest BCUT2D eigenvalue weighted by Crippen LogP contribution is 2.16. The Balaban J connectivity index is 1.54. The fraction of sp³-hybridized carbons (Fsp3) is 0.267. The lowest BCUT2D eigenvalue weighted by atomic mass is 10.1. The largest absolute Gasteiger partial charge is 0.352 e. The number of H-pyrrole nitrogens is 1. The third kappa shape index (κ3) is 4.00. The van der Waals surface area contributed by atoms with E-state index in [2.05, 4.69) is 30.6 Å². The molecule has 3 rings (SSSR count). The van der Waals surface area contributed by atoms with Crippen LogP contribution < -0.4 is 5.32 Å². The molecule has 0 bridgehead atoms. The van der Waals surface area contributed by atoms with Crippen LogP contribution in [0.3, 0.4) is 0 Å². The van der Waals surface area contributed by atoms with Crippen molar-refractivity contribution in [3.63, 3.8) is 0 Å². The fourth-order valence-corrected chi connectivity index (χ4v) is 2.15. The summed E-state index contributed by atoms with van der Waals surface area (Å²) >= 11 is 0. The predicted octanol–water partition coefficient (Wildman–Crippen LogP) is 1.08. The topological polar surface area (TPSA) is 101 Å². The molecule has 118 valence electrons. The Labute approximate surface area is 133 Å². The summed E-state index contributed by atoms with van der Waals surface area (Å²) in [6.07, 6.45) is 3.41. The lowest BCUT2D eigenvalue weighted by Crippen LogP contribution is -2.24. The van der Waals surface area contributed by atoms with Gasteiger partial charge in [0.05, 0.1) is 6.54 Å². The Bertz CT molecular complexity index is 779. The third-order valence-electron chi connectivity index (χ3n) is 3.31. The quantitative estimate of drug-likeness (QED) is 0.709. The summed E-state index contributed by atoms with van der Waals surface area (Å²) in [6, 6.07) is 7.80. The van der Waals surface area contributed by atoms with Gasteiger partial charge in [-0.15, -0.1) is 0 Å². The van der Waals surface area contributed by atoms with Crippen LogP contribution in [0.25, 0.3) is 11.4 Å². The number of aromatic nitrogens is 6. The average Bonchev–Trinajstić information content (AvgIpc) is 3.23. The van der Waals surface area contributed by atoms with E-state index in [-0.39, 0.29) is 5.91 Å². The molecule has 23 heavy (non-hydrogen) atoms. The number of hydrogen-bond acceptors (Lipinski definition) is 5. The Morgan fingerprint density at radius 3 is 3.04 bits per heavy atom. The summed E-state index contributed by atoms with van der Waals surface area (Å²) < 4.78 is 1.63. The van der Waals surface area contributed by atoms with Crippen molar-refractivity contribution in [3.05, 3.63) is 48.3 Å². The Morgan fingerprint density at radius 1 is 1.39 bits per heavy atom. The molecule has 2 heterocycles. The zero-order valence-corrected chi connectivity index (χ0v) is 12.7. The van der Waals surface area contributed by atoms with Crippen LogP contribution in [0.5, 0.6) is 0 Å². The first-order valence-corrected chi connectivity index (χ1v) is 7.28. The van der Waals surface area contributed by atoms with E-state index >= 15 is 0 Å². The Morgan fingerprint density at radius 2 is 2.30 bits per heavy atom. The minimum atomic E-state index is -0.0281. The summed E-state index contributed by atoms with van der Waals surface area (Å²) in [4.78, 5) is 20.0. The number of carbonyl (C=O) groups excluding carboxylic acids is 1. The van der Waals surface area contributed by atoms with E-state index in [1.807, 2.05) is 31.2 Å². The van der Waals surface area contributed by atoms with E-state index in [0.29, 0.717) is 25.3 Å². The summed E-state index contributed by atoms with van der Waals surface area (Å²) in [5.74, 6) is 1.40. The first kappa shape index (κ1) is 14.9. The van der Waals surface area contributed by atoms with Gasteiger partial charge in [0.25, 0.3) is 0 Å². The molecule has 0 saturated carbocycles. The molecule has 0 aliphatic carbocycles. The lowest BCUT2D eigenvalue weighted by molar-refractivity contribution is -0.121. The molecule has 0 radical (unpaired) electrons. The minimum Gasteiger partial charge on any atom is -0.352 e. The standard InChI is InChI=1S/C15H17N7O/c1-11-19-15(21-20-11)13-4-2-3-12(7-13)8-17-14(23)5-6-22-10-16-9-18-22/h2-4,7,9-10H,5-6,8H2,1H3,(H,17,23)(H,19,20,21). The van der Waals surface area contributed by atoms with Crippen molar-refractivity contribution in [1.82, 2.24) is 35.3 Å². The number of nitrogens with one attached hydrogen (secondary N) is 2. The van der Waals surface area contributed by atoms with E-state index < -0.39 is 0 Å². The van der Waals surface area contributed by atoms with E-state index in [4.69, 9.17) is 0 Å². The smallest absolute Gasteiger partial charge is 0.222 e. The summed E-state index contributed by atoms with van der Waals surface area (Å²) in [5.41, 5.74) is 1.92. The predicted molar refractivity (Wildman–Crippen MR) is 83.0 cm³/mol. The number of aryl methyl sites for hydroxylation is 2. The molecule has 8 heteroatoms. The van der Waals surface area contributed by atoms with Gasteiger partial charge in [-0.25, -0.2) is 9.97 Å². The van der Waals surface area contributed by atoms with Gasteiger partial charge in [0.2, 0.25) is 5.91 Å². The molecule has 0 aliphatic heterocycles. The first-order valence-electron chi connectivity index (χ1n) is 7.28. The maximum atomic E-state index is 11.9. The van der Waals surface area contributed by atoms with Crippen molar-refractivity contribution in [1.29, 1.82) is 0 Å². The van der Waals surface area contributed by atoms with Crippen molar-refractivity contribution in [3.8, 4) is 11.4 Å². The zero-order chi connectivity index (χ0) is 16.1. The highest BCUT2D eigenvalue weighted by molar-refractivity contribution is 5.75. The minimum absolute atomic E-state index is 0.0281. The molecule has 1 aromatic carbocycles. The van der Waals surface area contributed by atoms with Gasteiger partial charge in [0, 0.05) is 18.5 Å². The molecule has 8 nitrogen and oxygen atoms in total. The third-order valence-corrected chi connectivity index (χ3v) is 3.31. The van der Waals surface area contributed by atoms with Crippen molar-refractivity contribution in [2.45, 2.75) is 26.4 Å². The maximum Gasteiger partial charge on any atom is 0.222 e. The number of carbonyl (C=O) groups is 1. The molecule has 1 amide bonds. The van der Waals surface area contributed by atoms with E-state index in [1.54, 1.807) is 11.0 Å². The van der Waals surface area contributed by atoms with Crippen molar-refractivity contribution in [2.75, 3.05) is 0 Å². The molecular formula is C15H17N7O. The van der Waals surface area contributed by atoms with Gasteiger partial charge >= 0.3 is 0 Å². The molecule has 0 spiro atoms. The summed E-state index contributed by atoms with van der Waals surface area (Å²) in [7, 11) is 0. The molecule has 0 atom stereocenters. The average molecular weight is 311 g/mol. The highest BCUT2D eigenvalue weighted by Gasteiger charge is 2.06. The second kappa shape index (κ2) is 6.82. The van der Waals surface area contributed by atoms with E-state index in [1.165, 1.54) is 6.33 Å². The van der Waals surface area contributed by atoms with Gasteiger partial charge < -0.3 is 5.32 Å². The van der Waals surface area contributed by atoms with Crippen molar-refractivity contribution < 1.29 is 4.79 Å². The van der Waals surface area contributed by atoms with Crippen LogP contribution in [0.2, 0.25) is 0 Å². The number of hydrogen-bond donors (Lipinski definition) is 2. The van der Waals surface area contributed by atoms with Gasteiger partial charge in [0.15, 0.2) is 5.82 Å². The van der Waals surface area contributed by atoms with E-state index in [0.717, 1.165) is 17.0 Å². The molecule has 3 aromatic rings. The summed E-state index contributed by atoms with van der Waals surface area (Å²) in [5, 5.41) is 13.8. The second-order valence-electron chi connectivity index (χ2n) is 5.13. The van der Waals surface area contributed by atoms with Crippen molar-refractivity contribution in [2.24, 2.45) is 0 Å². The molecule has 0 unspecified atom stereocenters. The molecule has 2 N–H and O–H groups in total. The van der Waals surface area contributed by atoms with Gasteiger partial charge in [-0.05, 0) is 18.6 Å². The number of nitrogens with zero attached hydrogens (tertiary/aromatic N) is 5. The van der Waals surface area contributed by atoms with Gasteiger partial charge in [-0.1, -0.05) is 18.2 Å². The number of amides is 1. The number of aromatic amines is 1. The van der Waals surface area contributed by atoms with Crippen LogP contribution in [0.1, 0.15) is 17.8 Å². The fourth-order valence-electron chi connectivity index (χ4n) is 2.15. The molecule has 0 fully saturated rings. The normalized spacial score (nSPS) is 10.7.